The van der Waals surface area contributed by atoms with Crippen LogP contribution in [0, 0.1) is 0 Å². The van der Waals surface area contributed by atoms with E-state index < -0.39 is 33.8 Å². The molecular weight excluding hydrogens is 489 g/mol. The van der Waals surface area contributed by atoms with Crippen molar-refractivity contribution in [1.29, 1.82) is 0 Å². The maximum absolute atomic E-state index is 12.1. The van der Waals surface area contributed by atoms with Gasteiger partial charge in [-0.05, 0) is 24.3 Å². The van der Waals surface area contributed by atoms with Crippen molar-refractivity contribution >= 4 is 74.1 Å². The van der Waals surface area contributed by atoms with E-state index in [1.165, 1.54) is 11.8 Å². The Hall–Kier alpha value is -2.31. The number of nitrogens with one attached hydrogen (secondary N) is 2. The fourth-order valence-electron chi connectivity index (χ4n) is 2.59. The lowest BCUT2D eigenvalue weighted by molar-refractivity contribution is -0.147. The standard InChI is InChI=1S/C18H15Cl2N3O6S2/c19-10-5-9(31(21,27)28)6-11(20)17(10)23-15(24)8-29-16(25)7-14-18(26)22-12-3-1-2-4-13(12)30-14/h1-6,14H,7-8H2,(H,22,26)(H,23,24)(H2,21,27,28). The molecule has 0 aliphatic carbocycles. The van der Waals surface area contributed by atoms with Gasteiger partial charge in [-0.1, -0.05) is 35.3 Å². The lowest BCUT2D eigenvalue weighted by Crippen LogP contribution is -2.32. The number of rotatable bonds is 6. The average Bonchev–Trinajstić information content (AvgIpc) is 2.69. The maximum Gasteiger partial charge on any atom is 0.307 e. The van der Waals surface area contributed by atoms with Gasteiger partial charge in [-0.2, -0.15) is 0 Å². The van der Waals surface area contributed by atoms with Crippen LogP contribution < -0.4 is 15.8 Å². The Morgan fingerprint density at radius 3 is 2.48 bits per heavy atom. The summed E-state index contributed by atoms with van der Waals surface area (Å²) in [6.07, 6.45) is -0.233. The zero-order valence-corrected chi connectivity index (χ0v) is 18.7. The number of benzene rings is 2. The molecule has 1 heterocycles. The molecule has 0 saturated heterocycles. The average molecular weight is 504 g/mol. The van der Waals surface area contributed by atoms with E-state index in [1.807, 2.05) is 12.1 Å². The van der Waals surface area contributed by atoms with Gasteiger partial charge in [-0.15, -0.1) is 11.8 Å². The first-order valence-corrected chi connectivity index (χ1v) is 11.8. The third-order valence-electron chi connectivity index (χ3n) is 4.03. The highest BCUT2D eigenvalue weighted by atomic mass is 35.5. The topological polar surface area (TPSA) is 145 Å². The Morgan fingerprint density at radius 2 is 1.84 bits per heavy atom. The second kappa shape index (κ2) is 9.45. The number of carbonyl (C=O) groups is 3. The lowest BCUT2D eigenvalue weighted by atomic mass is 10.2. The Balaban J connectivity index is 1.56. The van der Waals surface area contributed by atoms with E-state index in [-0.39, 0.29) is 33.0 Å². The fourth-order valence-corrected chi connectivity index (χ4v) is 4.96. The molecule has 0 aromatic heterocycles. The minimum atomic E-state index is -4.04. The van der Waals surface area contributed by atoms with Gasteiger partial charge in [0.2, 0.25) is 15.9 Å². The van der Waals surface area contributed by atoms with E-state index in [1.54, 1.807) is 12.1 Å². The van der Waals surface area contributed by atoms with Crippen molar-refractivity contribution in [3.63, 3.8) is 0 Å². The molecule has 0 fully saturated rings. The fraction of sp³-hybridized carbons (Fsp3) is 0.167. The van der Waals surface area contributed by atoms with E-state index in [4.69, 9.17) is 33.1 Å². The van der Waals surface area contributed by atoms with Crippen LogP contribution in [0.15, 0.2) is 46.2 Å². The van der Waals surface area contributed by atoms with Gasteiger partial charge >= 0.3 is 5.97 Å². The molecule has 0 radical (unpaired) electrons. The van der Waals surface area contributed by atoms with Crippen LogP contribution in [0.3, 0.4) is 0 Å². The minimum Gasteiger partial charge on any atom is -0.456 e. The number of hydrogen-bond acceptors (Lipinski definition) is 7. The number of anilines is 2. The molecule has 31 heavy (non-hydrogen) atoms. The molecule has 0 bridgehead atoms. The quantitative estimate of drug-likeness (QED) is 0.513. The summed E-state index contributed by atoms with van der Waals surface area (Å²) in [4.78, 5) is 36.8. The molecule has 4 N–H and O–H groups in total. The molecule has 164 valence electrons. The Bertz CT molecular complexity index is 1150. The Labute approximate surface area is 191 Å². The summed E-state index contributed by atoms with van der Waals surface area (Å²) in [5.41, 5.74) is 0.610. The van der Waals surface area contributed by atoms with Crippen molar-refractivity contribution in [2.24, 2.45) is 5.14 Å². The number of primary sulfonamides is 1. The number of halogens is 2. The van der Waals surface area contributed by atoms with Crippen LogP contribution in [0.1, 0.15) is 6.42 Å². The molecule has 2 aromatic rings. The first-order valence-electron chi connectivity index (χ1n) is 8.58. The third-order valence-corrected chi connectivity index (χ3v) is 6.80. The third kappa shape index (κ3) is 5.89. The second-order valence-corrected chi connectivity index (χ2v) is 9.93. The van der Waals surface area contributed by atoms with Gasteiger partial charge in [0.25, 0.3) is 5.91 Å². The molecule has 1 unspecified atom stereocenters. The van der Waals surface area contributed by atoms with Gasteiger partial charge in [0.15, 0.2) is 6.61 Å². The largest absolute Gasteiger partial charge is 0.456 e. The summed E-state index contributed by atoms with van der Waals surface area (Å²) < 4.78 is 27.7. The summed E-state index contributed by atoms with van der Waals surface area (Å²) >= 11 is 13.1. The van der Waals surface area contributed by atoms with E-state index in [2.05, 4.69) is 10.6 Å². The molecule has 1 aliphatic rings. The predicted octanol–water partition coefficient (Wildman–Crippen LogP) is 2.63. The molecular formula is C18H15Cl2N3O6S2. The first kappa shape index (κ1) is 23.4. The van der Waals surface area contributed by atoms with Crippen LogP contribution in [-0.2, 0) is 29.1 Å². The van der Waals surface area contributed by atoms with Crippen LogP contribution >= 0.6 is 35.0 Å². The zero-order valence-electron chi connectivity index (χ0n) is 15.6. The molecule has 1 atom stereocenters. The second-order valence-electron chi connectivity index (χ2n) is 6.31. The van der Waals surface area contributed by atoms with Crippen LogP contribution in [0.5, 0.6) is 0 Å². The van der Waals surface area contributed by atoms with Gasteiger partial charge in [-0.25, -0.2) is 13.6 Å². The van der Waals surface area contributed by atoms with Gasteiger partial charge in [-0.3, -0.25) is 14.4 Å². The van der Waals surface area contributed by atoms with Gasteiger partial charge in [0, 0.05) is 4.90 Å². The maximum atomic E-state index is 12.1. The molecule has 0 spiro atoms. The van der Waals surface area contributed by atoms with Crippen LogP contribution in [-0.4, -0.2) is 38.1 Å². The number of amides is 2. The highest BCUT2D eigenvalue weighted by molar-refractivity contribution is 8.01. The predicted molar refractivity (Wildman–Crippen MR) is 117 cm³/mol. The lowest BCUT2D eigenvalue weighted by Gasteiger charge is -2.23. The normalized spacial score (nSPS) is 15.6. The number of ether oxygens (including phenoxy) is 1. The van der Waals surface area contributed by atoms with Gasteiger partial charge in [0.05, 0.1) is 38.0 Å². The number of sulfonamides is 1. The highest BCUT2D eigenvalue weighted by Crippen LogP contribution is 2.37. The van der Waals surface area contributed by atoms with Crippen molar-refractivity contribution in [3.05, 3.63) is 46.4 Å². The molecule has 2 amide bonds. The number of carbonyl (C=O) groups excluding carboxylic acids is 3. The van der Waals surface area contributed by atoms with Gasteiger partial charge < -0.3 is 15.4 Å². The Morgan fingerprint density at radius 1 is 1.19 bits per heavy atom. The number of fused-ring (bicyclic) bond motifs is 1. The number of esters is 1. The molecule has 0 saturated carbocycles. The number of para-hydroxylation sites is 1. The number of nitrogens with two attached hydrogens (primary N) is 1. The molecule has 1 aliphatic heterocycles. The molecule has 3 rings (SSSR count). The molecule has 13 heteroatoms. The van der Waals surface area contributed by atoms with Crippen molar-refractivity contribution in [2.75, 3.05) is 17.2 Å². The van der Waals surface area contributed by atoms with E-state index in [0.29, 0.717) is 5.69 Å². The first-order chi connectivity index (χ1) is 14.5. The van der Waals surface area contributed by atoms with Crippen molar-refractivity contribution in [1.82, 2.24) is 0 Å². The highest BCUT2D eigenvalue weighted by Gasteiger charge is 2.29. The SMILES string of the molecule is NS(=O)(=O)c1cc(Cl)c(NC(=O)COC(=O)CC2Sc3ccccc3NC2=O)c(Cl)c1. The van der Waals surface area contributed by atoms with E-state index >= 15 is 0 Å². The van der Waals surface area contributed by atoms with Crippen LogP contribution in [0.4, 0.5) is 11.4 Å². The van der Waals surface area contributed by atoms with Crippen molar-refractivity contribution < 1.29 is 27.5 Å². The summed E-state index contributed by atoms with van der Waals surface area (Å²) in [6.45, 7) is -0.655. The molecule has 2 aromatic carbocycles. The van der Waals surface area contributed by atoms with Crippen LogP contribution in [0.25, 0.3) is 0 Å². The van der Waals surface area contributed by atoms with Crippen LogP contribution in [0.2, 0.25) is 10.0 Å². The minimum absolute atomic E-state index is 0.0596. The number of hydrogen-bond donors (Lipinski definition) is 3. The summed E-state index contributed by atoms with van der Waals surface area (Å²) in [6, 6.07) is 9.23. The molecule has 9 nitrogen and oxygen atoms in total. The van der Waals surface area contributed by atoms with E-state index in [0.717, 1.165) is 17.0 Å². The van der Waals surface area contributed by atoms with Gasteiger partial charge in [0.1, 0.15) is 0 Å². The Kier molecular flexibility index (Phi) is 7.12. The van der Waals surface area contributed by atoms with E-state index in [9.17, 15) is 22.8 Å². The summed E-state index contributed by atoms with van der Waals surface area (Å²) in [5.74, 6) is -1.84. The van der Waals surface area contributed by atoms with Crippen molar-refractivity contribution in [2.45, 2.75) is 21.5 Å². The van der Waals surface area contributed by atoms with Crippen molar-refractivity contribution in [3.8, 4) is 0 Å². The monoisotopic (exact) mass is 503 g/mol. The number of thioether (sulfide) groups is 1. The summed E-state index contributed by atoms with van der Waals surface area (Å²) in [7, 11) is -4.04. The summed E-state index contributed by atoms with van der Waals surface area (Å²) in [5, 5.41) is 9.05. The smallest absolute Gasteiger partial charge is 0.307 e. The zero-order chi connectivity index (χ0) is 22.8.